The van der Waals surface area contributed by atoms with Crippen LogP contribution < -0.4 is 9.64 Å². The number of methoxy groups -OCH3 is 1. The molecule has 0 saturated carbocycles. The Labute approximate surface area is 108 Å². The van der Waals surface area contributed by atoms with E-state index in [0.717, 1.165) is 36.5 Å². The van der Waals surface area contributed by atoms with Gasteiger partial charge in [0.2, 0.25) is 0 Å². The fourth-order valence-corrected chi connectivity index (χ4v) is 2.19. The summed E-state index contributed by atoms with van der Waals surface area (Å²) in [4.78, 5) is 6.84. The molecule has 0 radical (unpaired) electrons. The van der Waals surface area contributed by atoms with Crippen molar-refractivity contribution in [2.45, 2.75) is 20.3 Å². The van der Waals surface area contributed by atoms with E-state index in [-0.39, 0.29) is 0 Å². The van der Waals surface area contributed by atoms with Gasteiger partial charge in [0.1, 0.15) is 11.6 Å². The first-order chi connectivity index (χ1) is 8.80. The van der Waals surface area contributed by atoms with Crippen LogP contribution in [0.3, 0.4) is 0 Å². The summed E-state index contributed by atoms with van der Waals surface area (Å²) in [5.41, 5.74) is 0. The molecule has 18 heavy (non-hydrogen) atoms. The number of aromatic nitrogens is 1. The van der Waals surface area contributed by atoms with Crippen molar-refractivity contribution in [2.24, 2.45) is 0 Å². The largest absolute Gasteiger partial charge is 0.496 e. The molecule has 1 aromatic heterocycles. The van der Waals surface area contributed by atoms with Crippen molar-refractivity contribution < 1.29 is 4.74 Å². The molecule has 1 aromatic carbocycles. The van der Waals surface area contributed by atoms with Crippen LogP contribution in [0.5, 0.6) is 5.75 Å². The van der Waals surface area contributed by atoms with Crippen LogP contribution >= 0.6 is 0 Å². The van der Waals surface area contributed by atoms with E-state index >= 15 is 0 Å². The lowest BCUT2D eigenvalue weighted by atomic mass is 10.1. The van der Waals surface area contributed by atoms with Crippen molar-refractivity contribution in [2.75, 3.05) is 25.1 Å². The predicted molar refractivity (Wildman–Crippen MR) is 76.5 cm³/mol. The summed E-state index contributed by atoms with van der Waals surface area (Å²) in [6.07, 6.45) is 3.04. The van der Waals surface area contributed by atoms with Crippen molar-refractivity contribution in [1.29, 1.82) is 0 Å². The summed E-state index contributed by atoms with van der Waals surface area (Å²) in [6.45, 7) is 6.37. The highest BCUT2D eigenvalue weighted by molar-refractivity contribution is 5.89. The number of pyridine rings is 1. The number of fused-ring (bicyclic) bond motifs is 1. The van der Waals surface area contributed by atoms with Crippen LogP contribution in [0.1, 0.15) is 20.3 Å². The third kappa shape index (κ3) is 2.40. The second kappa shape index (κ2) is 5.71. The molecule has 0 saturated heterocycles. The molecule has 2 rings (SSSR count). The molecule has 0 N–H and O–H groups in total. The van der Waals surface area contributed by atoms with Gasteiger partial charge in [0.15, 0.2) is 0 Å². The lowest BCUT2D eigenvalue weighted by Crippen LogP contribution is -2.24. The molecular formula is C15H20N2O. The van der Waals surface area contributed by atoms with Gasteiger partial charge in [-0.25, -0.2) is 4.98 Å². The summed E-state index contributed by atoms with van der Waals surface area (Å²) >= 11 is 0. The van der Waals surface area contributed by atoms with Crippen molar-refractivity contribution in [3.63, 3.8) is 0 Å². The third-order valence-electron chi connectivity index (χ3n) is 3.13. The zero-order valence-corrected chi connectivity index (χ0v) is 11.3. The van der Waals surface area contributed by atoms with E-state index in [1.54, 1.807) is 7.11 Å². The molecule has 0 atom stereocenters. The number of rotatable bonds is 5. The fourth-order valence-electron chi connectivity index (χ4n) is 2.19. The second-order valence-corrected chi connectivity index (χ2v) is 4.30. The Morgan fingerprint density at radius 3 is 2.78 bits per heavy atom. The number of anilines is 1. The standard InChI is InChI=1S/C15H20N2O/c1-4-9-17(5-2)15-10-12-7-6-8-14(18-3)13(12)11-16-15/h6-8,10-11H,4-5,9H2,1-3H3. The Hall–Kier alpha value is -1.77. The van der Waals surface area contributed by atoms with Gasteiger partial charge < -0.3 is 9.64 Å². The van der Waals surface area contributed by atoms with Crippen LogP contribution in [0.2, 0.25) is 0 Å². The first-order valence-corrected chi connectivity index (χ1v) is 6.47. The highest BCUT2D eigenvalue weighted by Crippen LogP contribution is 2.27. The van der Waals surface area contributed by atoms with E-state index in [1.165, 1.54) is 5.39 Å². The Morgan fingerprint density at radius 1 is 1.28 bits per heavy atom. The molecule has 0 aliphatic rings. The van der Waals surface area contributed by atoms with Gasteiger partial charge >= 0.3 is 0 Å². The maximum absolute atomic E-state index is 5.35. The Morgan fingerprint density at radius 2 is 2.11 bits per heavy atom. The van der Waals surface area contributed by atoms with Crippen LogP contribution in [0.4, 0.5) is 5.82 Å². The quantitative estimate of drug-likeness (QED) is 0.805. The molecule has 0 unspecified atom stereocenters. The van der Waals surface area contributed by atoms with Crippen molar-refractivity contribution in [1.82, 2.24) is 4.98 Å². The molecule has 0 amide bonds. The smallest absolute Gasteiger partial charge is 0.129 e. The van der Waals surface area contributed by atoms with Crippen molar-refractivity contribution in [3.8, 4) is 5.75 Å². The number of benzene rings is 1. The third-order valence-corrected chi connectivity index (χ3v) is 3.13. The zero-order valence-electron chi connectivity index (χ0n) is 11.3. The molecule has 1 heterocycles. The first kappa shape index (κ1) is 12.7. The summed E-state index contributed by atoms with van der Waals surface area (Å²) in [6, 6.07) is 8.22. The number of ether oxygens (including phenoxy) is 1. The van der Waals surface area contributed by atoms with Crippen LogP contribution in [-0.4, -0.2) is 25.2 Å². The summed E-state index contributed by atoms with van der Waals surface area (Å²) in [5.74, 6) is 1.92. The lowest BCUT2D eigenvalue weighted by Gasteiger charge is -2.21. The van der Waals surface area contributed by atoms with Crippen LogP contribution in [-0.2, 0) is 0 Å². The number of nitrogens with zero attached hydrogens (tertiary/aromatic N) is 2. The molecule has 0 aliphatic heterocycles. The minimum absolute atomic E-state index is 0.880. The average molecular weight is 244 g/mol. The van der Waals surface area contributed by atoms with Crippen LogP contribution in [0, 0.1) is 0 Å². The van der Waals surface area contributed by atoms with Crippen LogP contribution in [0.15, 0.2) is 30.5 Å². The molecular weight excluding hydrogens is 224 g/mol. The predicted octanol–water partition coefficient (Wildman–Crippen LogP) is 3.48. The van der Waals surface area contributed by atoms with Crippen molar-refractivity contribution in [3.05, 3.63) is 30.5 Å². The van der Waals surface area contributed by atoms with Crippen molar-refractivity contribution >= 4 is 16.6 Å². The van der Waals surface area contributed by atoms with Gasteiger partial charge in [0.05, 0.1) is 7.11 Å². The van der Waals surface area contributed by atoms with Gasteiger partial charge in [-0.1, -0.05) is 19.1 Å². The molecule has 0 bridgehead atoms. The maximum Gasteiger partial charge on any atom is 0.129 e. The molecule has 2 aromatic rings. The fraction of sp³-hybridized carbons (Fsp3) is 0.400. The zero-order chi connectivity index (χ0) is 13.0. The summed E-state index contributed by atoms with van der Waals surface area (Å²) in [5, 5.41) is 2.24. The highest BCUT2D eigenvalue weighted by atomic mass is 16.5. The lowest BCUT2D eigenvalue weighted by molar-refractivity contribution is 0.419. The van der Waals surface area contributed by atoms with E-state index in [9.17, 15) is 0 Å². The first-order valence-electron chi connectivity index (χ1n) is 6.47. The molecule has 96 valence electrons. The normalized spacial score (nSPS) is 10.6. The van der Waals surface area contributed by atoms with Gasteiger partial charge in [-0.2, -0.15) is 0 Å². The molecule has 3 heteroatoms. The summed E-state index contributed by atoms with van der Waals surface area (Å²) < 4.78 is 5.35. The van der Waals surface area contributed by atoms with Gasteiger partial charge in [-0.15, -0.1) is 0 Å². The van der Waals surface area contributed by atoms with Gasteiger partial charge in [0, 0.05) is 24.7 Å². The van der Waals surface area contributed by atoms with Crippen LogP contribution in [0.25, 0.3) is 10.8 Å². The minimum Gasteiger partial charge on any atom is -0.496 e. The Bertz CT molecular complexity index is 525. The van der Waals surface area contributed by atoms with E-state index in [1.807, 2.05) is 18.3 Å². The maximum atomic E-state index is 5.35. The monoisotopic (exact) mass is 244 g/mol. The number of hydrogen-bond donors (Lipinski definition) is 0. The topological polar surface area (TPSA) is 25.4 Å². The second-order valence-electron chi connectivity index (χ2n) is 4.30. The van der Waals surface area contributed by atoms with Gasteiger partial charge in [0.25, 0.3) is 0 Å². The number of hydrogen-bond acceptors (Lipinski definition) is 3. The highest BCUT2D eigenvalue weighted by Gasteiger charge is 2.07. The SMILES string of the molecule is CCCN(CC)c1cc2cccc(OC)c2cn1. The molecule has 0 fully saturated rings. The summed E-state index contributed by atoms with van der Waals surface area (Å²) in [7, 11) is 1.69. The van der Waals surface area contributed by atoms with E-state index in [0.29, 0.717) is 0 Å². The Balaban J connectivity index is 2.44. The van der Waals surface area contributed by atoms with E-state index in [2.05, 4.69) is 35.9 Å². The van der Waals surface area contributed by atoms with E-state index in [4.69, 9.17) is 4.74 Å². The molecule has 3 nitrogen and oxygen atoms in total. The van der Waals surface area contributed by atoms with Gasteiger partial charge in [-0.05, 0) is 30.9 Å². The molecule has 0 spiro atoms. The molecule has 0 aliphatic carbocycles. The Kier molecular flexibility index (Phi) is 4.03. The van der Waals surface area contributed by atoms with Gasteiger partial charge in [-0.3, -0.25) is 0 Å². The minimum atomic E-state index is 0.880. The van der Waals surface area contributed by atoms with E-state index < -0.39 is 0 Å². The average Bonchev–Trinajstić information content (AvgIpc) is 2.43.